The van der Waals surface area contributed by atoms with Crippen molar-refractivity contribution in [2.75, 3.05) is 13.7 Å². The fourth-order valence-electron chi connectivity index (χ4n) is 8.38. The van der Waals surface area contributed by atoms with Gasteiger partial charge in [0.1, 0.15) is 16.9 Å². The molecular weight excluding hydrogens is 560 g/mol. The molecule has 0 spiro atoms. The van der Waals surface area contributed by atoms with E-state index < -0.39 is 0 Å². The van der Waals surface area contributed by atoms with Crippen LogP contribution in [0.15, 0.2) is 48.5 Å². The second-order valence-corrected chi connectivity index (χ2v) is 13.9. The van der Waals surface area contributed by atoms with Gasteiger partial charge in [-0.1, -0.05) is 12.1 Å². The normalized spacial score (nSPS) is 22.5. The molecule has 3 aromatic heterocycles. The van der Waals surface area contributed by atoms with Crippen molar-refractivity contribution in [3.05, 3.63) is 65.2 Å². The fraction of sp³-hybridized carbons (Fsp3) is 0.432. The van der Waals surface area contributed by atoms with E-state index in [2.05, 4.69) is 45.5 Å². The van der Waals surface area contributed by atoms with Crippen molar-refractivity contribution in [2.24, 2.45) is 24.6 Å². The van der Waals surface area contributed by atoms with E-state index in [1.807, 2.05) is 24.1 Å². The maximum absolute atomic E-state index is 13.8. The van der Waals surface area contributed by atoms with E-state index in [1.54, 1.807) is 7.11 Å². The fourth-order valence-corrected chi connectivity index (χ4v) is 8.38. The number of rotatable bonds is 6. The number of carbonyl (C=O) groups excluding carboxylic acids is 1. The average Bonchev–Trinajstić information content (AvgIpc) is 3.47. The maximum Gasteiger partial charge on any atom is 0.254 e. The predicted octanol–water partition coefficient (Wildman–Crippen LogP) is 6.12. The second kappa shape index (κ2) is 10.2. The van der Waals surface area contributed by atoms with Crippen LogP contribution < -0.4 is 10.5 Å². The number of aryl methyl sites for hydroxylation is 3. The van der Waals surface area contributed by atoms with Crippen LogP contribution in [0.2, 0.25) is 0 Å². The summed E-state index contributed by atoms with van der Waals surface area (Å²) in [5.74, 6) is 2.59. The molecule has 1 amide bonds. The molecule has 9 rings (SSSR count). The third-order valence-electron chi connectivity index (χ3n) is 11.1. The molecule has 1 aliphatic heterocycles. The van der Waals surface area contributed by atoms with Crippen molar-refractivity contribution >= 4 is 28.0 Å². The number of imidazole rings is 1. The number of aromatic nitrogens is 4. The Morgan fingerprint density at radius 1 is 0.978 bits per heavy atom. The molecule has 4 aliphatic rings. The summed E-state index contributed by atoms with van der Waals surface area (Å²) in [6, 6.07) is 17.5. The lowest BCUT2D eigenvalue weighted by Crippen LogP contribution is -2.41. The summed E-state index contributed by atoms with van der Waals surface area (Å²) in [5.41, 5.74) is 15.9. The van der Waals surface area contributed by atoms with Gasteiger partial charge in [-0.25, -0.2) is 9.97 Å². The van der Waals surface area contributed by atoms with E-state index in [0.717, 1.165) is 71.6 Å². The van der Waals surface area contributed by atoms with Gasteiger partial charge >= 0.3 is 0 Å². The number of nitrogens with two attached hydrogens (primary N) is 1. The molecule has 2 saturated carbocycles. The number of amides is 1. The largest absolute Gasteiger partial charge is 0.494 e. The minimum absolute atomic E-state index is 0.0202. The molecule has 2 aromatic carbocycles. The van der Waals surface area contributed by atoms with Crippen LogP contribution in [0.4, 0.5) is 0 Å². The van der Waals surface area contributed by atoms with E-state index in [4.69, 9.17) is 20.4 Å². The first-order valence-electron chi connectivity index (χ1n) is 16.7. The van der Waals surface area contributed by atoms with Gasteiger partial charge in [0.05, 0.1) is 24.0 Å². The summed E-state index contributed by atoms with van der Waals surface area (Å²) in [5, 5.41) is 1.11. The summed E-state index contributed by atoms with van der Waals surface area (Å²) in [6.07, 6.45) is 9.47. The second-order valence-electron chi connectivity index (χ2n) is 13.9. The van der Waals surface area contributed by atoms with Gasteiger partial charge in [0.15, 0.2) is 5.82 Å². The zero-order chi connectivity index (χ0) is 30.4. The van der Waals surface area contributed by atoms with Gasteiger partial charge in [-0.05, 0) is 111 Å². The van der Waals surface area contributed by atoms with Crippen molar-refractivity contribution in [1.82, 2.24) is 24.0 Å². The van der Waals surface area contributed by atoms with Crippen LogP contribution in [0.3, 0.4) is 0 Å². The number of nitrogens with zero attached hydrogens (tertiary/aromatic N) is 5. The highest BCUT2D eigenvalue weighted by atomic mass is 16.5. The number of hydrogen-bond acceptors (Lipinski definition) is 5. The number of carbonyl (C=O) groups is 1. The van der Waals surface area contributed by atoms with Gasteiger partial charge in [-0.3, -0.25) is 4.79 Å². The SMILES string of the molecule is COc1cc(C(=O)N2CC3CCC2[C@@H]3N)cc2nc(-c3cc4ccc(-c5ccc6c(c5)CCCC6)nc4n3CC3CC3)n(C)c12. The molecule has 1 saturated heterocycles. The van der Waals surface area contributed by atoms with Crippen LogP contribution >= 0.6 is 0 Å². The average molecular weight is 601 g/mol. The molecule has 2 bridgehead atoms. The monoisotopic (exact) mass is 600 g/mol. The molecule has 2 unspecified atom stereocenters. The lowest BCUT2D eigenvalue weighted by atomic mass is 9.90. The summed E-state index contributed by atoms with van der Waals surface area (Å²) < 4.78 is 10.4. The van der Waals surface area contributed by atoms with E-state index in [-0.39, 0.29) is 18.0 Å². The van der Waals surface area contributed by atoms with Crippen LogP contribution in [0.25, 0.3) is 44.8 Å². The third kappa shape index (κ3) is 4.32. The number of likely N-dealkylation sites (tertiary alicyclic amines) is 1. The number of fused-ring (bicyclic) bond motifs is 5. The van der Waals surface area contributed by atoms with Crippen molar-refractivity contribution in [1.29, 1.82) is 0 Å². The Kier molecular flexibility index (Phi) is 6.14. The smallest absolute Gasteiger partial charge is 0.254 e. The molecule has 3 fully saturated rings. The van der Waals surface area contributed by atoms with Crippen molar-refractivity contribution in [3.8, 4) is 28.5 Å². The van der Waals surface area contributed by atoms with Crippen LogP contribution in [-0.2, 0) is 26.4 Å². The van der Waals surface area contributed by atoms with E-state index >= 15 is 0 Å². The number of hydrogen-bond donors (Lipinski definition) is 1. The van der Waals surface area contributed by atoms with Gasteiger partial charge in [0.25, 0.3) is 5.91 Å². The lowest BCUT2D eigenvalue weighted by Gasteiger charge is -2.27. The topological polar surface area (TPSA) is 91.2 Å². The van der Waals surface area contributed by atoms with Crippen LogP contribution in [0.1, 0.15) is 60.0 Å². The highest BCUT2D eigenvalue weighted by Gasteiger charge is 2.47. The van der Waals surface area contributed by atoms with Crippen LogP contribution in [0, 0.1) is 11.8 Å². The van der Waals surface area contributed by atoms with Gasteiger partial charge in [0.2, 0.25) is 0 Å². The van der Waals surface area contributed by atoms with Crippen molar-refractivity contribution in [3.63, 3.8) is 0 Å². The molecule has 8 nitrogen and oxygen atoms in total. The van der Waals surface area contributed by atoms with E-state index in [9.17, 15) is 4.79 Å². The molecule has 230 valence electrons. The molecule has 3 atom stereocenters. The predicted molar refractivity (Wildman–Crippen MR) is 176 cm³/mol. The Hall–Kier alpha value is -4.17. The number of methoxy groups -OCH3 is 1. The summed E-state index contributed by atoms with van der Waals surface area (Å²) >= 11 is 0. The van der Waals surface area contributed by atoms with Gasteiger partial charge in [-0.15, -0.1) is 0 Å². The number of pyridine rings is 1. The van der Waals surface area contributed by atoms with E-state index in [0.29, 0.717) is 23.1 Å². The minimum atomic E-state index is 0.0202. The molecule has 8 heteroatoms. The molecule has 4 heterocycles. The number of piperidine rings is 1. The van der Waals surface area contributed by atoms with Gasteiger partial charge in [0, 0.05) is 48.7 Å². The molecule has 45 heavy (non-hydrogen) atoms. The van der Waals surface area contributed by atoms with Gasteiger partial charge in [-0.2, -0.15) is 0 Å². The first-order valence-corrected chi connectivity index (χ1v) is 16.7. The van der Waals surface area contributed by atoms with Crippen LogP contribution in [0.5, 0.6) is 5.75 Å². The quantitative estimate of drug-likeness (QED) is 0.254. The van der Waals surface area contributed by atoms with Crippen molar-refractivity contribution < 1.29 is 9.53 Å². The Balaban J connectivity index is 1.14. The summed E-state index contributed by atoms with van der Waals surface area (Å²) in [4.78, 5) is 26.2. The number of ether oxygens (including phenoxy) is 1. The Bertz CT molecular complexity index is 2000. The zero-order valence-corrected chi connectivity index (χ0v) is 26.1. The molecular formula is C37H40N6O2. The lowest BCUT2D eigenvalue weighted by molar-refractivity contribution is 0.0700. The Labute approximate surface area is 263 Å². The highest BCUT2D eigenvalue weighted by molar-refractivity contribution is 6.00. The third-order valence-corrected chi connectivity index (χ3v) is 11.1. The first kappa shape index (κ1) is 27.2. The standard InChI is InChI=1S/C37H40N6O2/c1-41-34-29(16-27(18-32(34)45-2)37(44)43-20-26-12-14-30(43)33(26)38)40-36(41)31-17-25-11-13-28(39-35(25)42(31)19-21-7-8-21)24-10-9-22-5-3-4-6-23(22)15-24/h9-11,13,15-18,21,26,30,33H,3-8,12,14,19-20,38H2,1-2H3/t26?,30?,33-/m1/s1. The number of benzene rings is 2. The van der Waals surface area contributed by atoms with Gasteiger partial charge < -0.3 is 24.5 Å². The first-order chi connectivity index (χ1) is 22.0. The van der Waals surface area contributed by atoms with Crippen molar-refractivity contribution in [2.45, 2.75) is 70.0 Å². The Morgan fingerprint density at radius 3 is 2.58 bits per heavy atom. The minimum Gasteiger partial charge on any atom is -0.494 e. The molecule has 0 radical (unpaired) electrons. The molecule has 2 N–H and O–H groups in total. The maximum atomic E-state index is 13.8. The Morgan fingerprint density at radius 2 is 1.82 bits per heavy atom. The molecule has 3 aliphatic carbocycles. The summed E-state index contributed by atoms with van der Waals surface area (Å²) in [7, 11) is 3.71. The van der Waals surface area contributed by atoms with Crippen LogP contribution in [-0.4, -0.2) is 55.6 Å². The summed E-state index contributed by atoms with van der Waals surface area (Å²) in [6.45, 7) is 1.65. The molecule has 5 aromatic rings. The van der Waals surface area contributed by atoms with E-state index in [1.165, 1.54) is 48.8 Å². The highest BCUT2D eigenvalue weighted by Crippen LogP contribution is 2.40. The zero-order valence-electron chi connectivity index (χ0n) is 26.1.